The van der Waals surface area contributed by atoms with Gasteiger partial charge in [-0.1, -0.05) is 16.8 Å². The number of ether oxygens (including phenoxy) is 1. The molecule has 1 N–H and O–H groups in total. The van der Waals surface area contributed by atoms with E-state index in [1.165, 1.54) is 7.11 Å². The molecule has 0 spiro atoms. The van der Waals surface area contributed by atoms with Crippen molar-refractivity contribution >= 4 is 23.4 Å². The van der Waals surface area contributed by atoms with E-state index in [1.807, 2.05) is 0 Å². The minimum absolute atomic E-state index is 0.0192. The van der Waals surface area contributed by atoms with Crippen LogP contribution in [-0.2, 0) is 0 Å². The van der Waals surface area contributed by atoms with Crippen LogP contribution in [0.4, 0.5) is 0 Å². The predicted octanol–water partition coefficient (Wildman–Crippen LogP) is 2.68. The summed E-state index contributed by atoms with van der Waals surface area (Å²) >= 11 is 5.98. The van der Waals surface area contributed by atoms with E-state index in [0.29, 0.717) is 53.7 Å². The molecule has 1 aliphatic heterocycles. The molecule has 7 nitrogen and oxygen atoms in total. The Morgan fingerprint density at radius 1 is 1.31 bits per heavy atom. The number of carbonyl (C=O) groups excluding carboxylic acids is 2. The Kier molecular flexibility index (Phi) is 5.46. The first-order valence-corrected chi connectivity index (χ1v) is 8.72. The SMILES string of the molecule is COc1ccc(Cl)cc1C(=O)NC1CCN(C(=O)c2cc(C)on2)CC1. The number of aryl methyl sites for hydroxylation is 1. The van der Waals surface area contributed by atoms with Crippen molar-refractivity contribution in [2.75, 3.05) is 20.2 Å². The molecule has 0 unspecified atom stereocenters. The summed E-state index contributed by atoms with van der Waals surface area (Å²) in [5.74, 6) is 0.691. The summed E-state index contributed by atoms with van der Waals surface area (Å²) in [6.45, 7) is 2.83. The summed E-state index contributed by atoms with van der Waals surface area (Å²) in [6, 6.07) is 6.53. The lowest BCUT2D eigenvalue weighted by molar-refractivity contribution is 0.0688. The Bertz CT molecular complexity index is 813. The van der Waals surface area contributed by atoms with Crippen LogP contribution in [0.25, 0.3) is 0 Å². The largest absolute Gasteiger partial charge is 0.496 e. The minimum atomic E-state index is -0.235. The van der Waals surface area contributed by atoms with E-state index in [4.69, 9.17) is 20.9 Å². The molecule has 1 aromatic carbocycles. The van der Waals surface area contributed by atoms with E-state index < -0.39 is 0 Å². The summed E-state index contributed by atoms with van der Waals surface area (Å²) in [7, 11) is 1.51. The van der Waals surface area contributed by atoms with Crippen molar-refractivity contribution in [2.45, 2.75) is 25.8 Å². The lowest BCUT2D eigenvalue weighted by Crippen LogP contribution is -2.46. The third-order valence-electron chi connectivity index (χ3n) is 4.37. The topological polar surface area (TPSA) is 84.7 Å². The molecular weight excluding hydrogens is 358 g/mol. The zero-order valence-electron chi connectivity index (χ0n) is 14.6. The van der Waals surface area contributed by atoms with Gasteiger partial charge in [0.05, 0.1) is 12.7 Å². The number of likely N-dealkylation sites (tertiary alicyclic amines) is 1. The molecule has 0 saturated carbocycles. The molecule has 0 bridgehead atoms. The molecule has 0 aliphatic carbocycles. The number of nitrogens with zero attached hydrogens (tertiary/aromatic N) is 2. The van der Waals surface area contributed by atoms with Crippen LogP contribution in [0.3, 0.4) is 0 Å². The van der Waals surface area contributed by atoms with Crippen molar-refractivity contribution in [3.63, 3.8) is 0 Å². The third-order valence-corrected chi connectivity index (χ3v) is 4.61. The van der Waals surface area contributed by atoms with Gasteiger partial charge in [-0.2, -0.15) is 0 Å². The van der Waals surface area contributed by atoms with Gasteiger partial charge in [0.2, 0.25) is 0 Å². The second-order valence-corrected chi connectivity index (χ2v) is 6.64. The first-order chi connectivity index (χ1) is 12.5. The van der Waals surface area contributed by atoms with Crippen LogP contribution >= 0.6 is 11.6 Å². The van der Waals surface area contributed by atoms with Gasteiger partial charge in [-0.15, -0.1) is 0 Å². The van der Waals surface area contributed by atoms with Gasteiger partial charge in [-0.05, 0) is 38.0 Å². The van der Waals surface area contributed by atoms with Gasteiger partial charge in [0.25, 0.3) is 11.8 Å². The van der Waals surface area contributed by atoms with E-state index in [-0.39, 0.29) is 17.9 Å². The van der Waals surface area contributed by atoms with Gasteiger partial charge < -0.3 is 19.5 Å². The fraction of sp³-hybridized carbons (Fsp3) is 0.389. The standard InChI is InChI=1S/C18H20ClN3O4/c1-11-9-15(21-26-11)18(24)22-7-5-13(6-8-22)20-17(23)14-10-12(19)3-4-16(14)25-2/h3-4,9-10,13H,5-8H2,1-2H3,(H,20,23). The highest BCUT2D eigenvalue weighted by atomic mass is 35.5. The van der Waals surface area contributed by atoms with E-state index in [0.717, 1.165) is 0 Å². The predicted molar refractivity (Wildman–Crippen MR) is 95.6 cm³/mol. The van der Waals surface area contributed by atoms with E-state index in [9.17, 15) is 9.59 Å². The molecule has 2 aromatic rings. The number of hydrogen-bond acceptors (Lipinski definition) is 5. The molecule has 0 radical (unpaired) electrons. The Balaban J connectivity index is 1.58. The van der Waals surface area contributed by atoms with Gasteiger partial charge in [0.1, 0.15) is 11.5 Å². The zero-order valence-corrected chi connectivity index (χ0v) is 15.4. The maximum Gasteiger partial charge on any atom is 0.276 e. The van der Waals surface area contributed by atoms with Crippen molar-refractivity contribution in [1.82, 2.24) is 15.4 Å². The highest BCUT2D eigenvalue weighted by molar-refractivity contribution is 6.31. The van der Waals surface area contributed by atoms with Crippen LogP contribution < -0.4 is 10.1 Å². The number of rotatable bonds is 4. The van der Waals surface area contributed by atoms with Crippen LogP contribution in [0.5, 0.6) is 5.75 Å². The van der Waals surface area contributed by atoms with Crippen molar-refractivity contribution in [1.29, 1.82) is 0 Å². The Labute approximate surface area is 156 Å². The molecule has 1 aliphatic rings. The maximum atomic E-state index is 12.5. The first-order valence-electron chi connectivity index (χ1n) is 8.35. The number of nitrogens with one attached hydrogen (secondary N) is 1. The smallest absolute Gasteiger partial charge is 0.276 e. The summed E-state index contributed by atoms with van der Waals surface area (Å²) in [4.78, 5) is 26.6. The Morgan fingerprint density at radius 3 is 2.65 bits per heavy atom. The molecule has 26 heavy (non-hydrogen) atoms. The average molecular weight is 378 g/mol. The number of methoxy groups -OCH3 is 1. The number of hydrogen-bond donors (Lipinski definition) is 1. The van der Waals surface area contributed by atoms with Gasteiger partial charge >= 0.3 is 0 Å². The van der Waals surface area contributed by atoms with Crippen molar-refractivity contribution < 1.29 is 18.8 Å². The fourth-order valence-electron chi connectivity index (χ4n) is 2.98. The molecule has 2 amide bonds. The summed E-state index contributed by atoms with van der Waals surface area (Å²) < 4.78 is 10.2. The number of piperidine rings is 1. The van der Waals surface area contributed by atoms with Crippen molar-refractivity contribution in [3.05, 3.63) is 46.3 Å². The summed E-state index contributed by atoms with van der Waals surface area (Å²) in [5.41, 5.74) is 0.713. The number of benzene rings is 1. The average Bonchev–Trinajstić information content (AvgIpc) is 3.08. The summed E-state index contributed by atoms with van der Waals surface area (Å²) in [6.07, 6.45) is 1.33. The lowest BCUT2D eigenvalue weighted by Gasteiger charge is -2.32. The zero-order chi connectivity index (χ0) is 18.7. The molecule has 8 heteroatoms. The molecule has 1 aromatic heterocycles. The van der Waals surface area contributed by atoms with E-state index >= 15 is 0 Å². The highest BCUT2D eigenvalue weighted by Gasteiger charge is 2.27. The van der Waals surface area contributed by atoms with Gasteiger partial charge in [0.15, 0.2) is 5.69 Å². The third kappa shape index (κ3) is 3.99. The van der Waals surface area contributed by atoms with Gasteiger partial charge in [0, 0.05) is 30.2 Å². The fourth-order valence-corrected chi connectivity index (χ4v) is 3.15. The molecule has 3 rings (SSSR count). The normalized spacial score (nSPS) is 15.0. The number of amides is 2. The number of halogens is 1. The molecular formula is C18H20ClN3O4. The van der Waals surface area contributed by atoms with Crippen molar-refractivity contribution in [2.24, 2.45) is 0 Å². The van der Waals surface area contributed by atoms with Crippen LogP contribution in [-0.4, -0.2) is 48.1 Å². The Hall–Kier alpha value is -2.54. The maximum absolute atomic E-state index is 12.5. The molecule has 1 saturated heterocycles. The van der Waals surface area contributed by atoms with Crippen LogP contribution in [0.2, 0.25) is 5.02 Å². The minimum Gasteiger partial charge on any atom is -0.496 e. The first kappa shape index (κ1) is 18.3. The Morgan fingerprint density at radius 2 is 2.04 bits per heavy atom. The second-order valence-electron chi connectivity index (χ2n) is 6.21. The highest BCUT2D eigenvalue weighted by Crippen LogP contribution is 2.23. The van der Waals surface area contributed by atoms with Gasteiger partial charge in [-0.3, -0.25) is 9.59 Å². The van der Waals surface area contributed by atoms with Gasteiger partial charge in [-0.25, -0.2) is 0 Å². The number of carbonyl (C=O) groups is 2. The second kappa shape index (κ2) is 7.78. The number of aromatic nitrogens is 1. The molecule has 0 atom stereocenters. The van der Waals surface area contributed by atoms with E-state index in [2.05, 4.69) is 10.5 Å². The monoisotopic (exact) mass is 377 g/mol. The van der Waals surface area contributed by atoms with Crippen molar-refractivity contribution in [3.8, 4) is 5.75 Å². The quantitative estimate of drug-likeness (QED) is 0.885. The lowest BCUT2D eigenvalue weighted by atomic mass is 10.0. The van der Waals surface area contributed by atoms with Crippen LogP contribution in [0, 0.1) is 6.92 Å². The molecule has 138 valence electrons. The molecule has 1 fully saturated rings. The van der Waals surface area contributed by atoms with E-state index in [1.54, 1.807) is 36.1 Å². The van der Waals surface area contributed by atoms with Crippen LogP contribution in [0.1, 0.15) is 39.4 Å². The molecule has 2 heterocycles. The van der Waals surface area contributed by atoms with Crippen LogP contribution in [0.15, 0.2) is 28.8 Å². The summed E-state index contributed by atoms with van der Waals surface area (Å²) in [5, 5.41) is 7.23.